The van der Waals surface area contributed by atoms with Gasteiger partial charge in [0.2, 0.25) is 0 Å². The van der Waals surface area contributed by atoms with Crippen LogP contribution in [0.4, 0.5) is 0 Å². The van der Waals surface area contributed by atoms with Gasteiger partial charge in [-0.05, 0) is 31.6 Å². The van der Waals surface area contributed by atoms with Crippen LogP contribution in [0.15, 0.2) is 4.99 Å². The molecule has 1 fully saturated rings. The molecular formula is C13H26N2. The van der Waals surface area contributed by atoms with Crippen molar-refractivity contribution in [3.05, 3.63) is 0 Å². The molecule has 1 aliphatic carbocycles. The molecule has 0 heterocycles. The van der Waals surface area contributed by atoms with Gasteiger partial charge in [-0.1, -0.05) is 33.1 Å². The molecule has 0 aliphatic heterocycles. The van der Waals surface area contributed by atoms with Crippen LogP contribution in [0.3, 0.4) is 0 Å². The number of aliphatic imine (C=N–C) groups is 1. The van der Waals surface area contributed by atoms with Crippen LogP contribution in [-0.4, -0.2) is 11.9 Å². The van der Waals surface area contributed by atoms with E-state index in [1.165, 1.54) is 32.1 Å². The van der Waals surface area contributed by atoms with E-state index >= 15 is 0 Å². The van der Waals surface area contributed by atoms with Crippen LogP contribution < -0.4 is 5.73 Å². The fraction of sp³-hybridized carbons (Fsp3) is 0.923. The highest BCUT2D eigenvalue weighted by Crippen LogP contribution is 2.29. The van der Waals surface area contributed by atoms with E-state index in [-0.39, 0.29) is 0 Å². The summed E-state index contributed by atoms with van der Waals surface area (Å²) in [5, 5.41) is 0. The van der Waals surface area contributed by atoms with Crippen LogP contribution in [0.1, 0.15) is 65.2 Å². The summed E-state index contributed by atoms with van der Waals surface area (Å²) >= 11 is 0. The second kappa shape index (κ2) is 6.86. The zero-order valence-corrected chi connectivity index (χ0v) is 10.3. The fourth-order valence-corrected chi connectivity index (χ4v) is 2.58. The number of hydrogen-bond acceptors (Lipinski definition) is 1. The van der Waals surface area contributed by atoms with Gasteiger partial charge in [-0.15, -0.1) is 0 Å². The first kappa shape index (κ1) is 12.5. The number of nitrogens with two attached hydrogens (primary N) is 1. The Kier molecular flexibility index (Phi) is 5.74. The lowest BCUT2D eigenvalue weighted by molar-refractivity contribution is 0.301. The molecule has 15 heavy (non-hydrogen) atoms. The Bertz CT molecular complexity index is 193. The third-order valence-electron chi connectivity index (χ3n) is 3.45. The van der Waals surface area contributed by atoms with Crippen LogP contribution in [0.2, 0.25) is 0 Å². The lowest BCUT2D eigenvalue weighted by Gasteiger charge is -2.27. The van der Waals surface area contributed by atoms with Crippen LogP contribution in [-0.2, 0) is 0 Å². The Morgan fingerprint density at radius 2 is 1.93 bits per heavy atom. The lowest BCUT2D eigenvalue weighted by atomic mass is 9.83. The Balaban J connectivity index is 2.49. The average molecular weight is 210 g/mol. The monoisotopic (exact) mass is 210 g/mol. The molecule has 0 aromatic carbocycles. The van der Waals surface area contributed by atoms with Crippen LogP contribution in [0.25, 0.3) is 0 Å². The molecule has 1 saturated carbocycles. The van der Waals surface area contributed by atoms with Crippen LogP contribution >= 0.6 is 0 Å². The molecule has 0 spiro atoms. The highest BCUT2D eigenvalue weighted by atomic mass is 14.9. The summed E-state index contributed by atoms with van der Waals surface area (Å²) in [5.74, 6) is 1.68. The smallest absolute Gasteiger partial charge is 0.0940 e. The minimum absolute atomic E-state index is 0.497. The molecule has 2 heteroatoms. The molecule has 0 aromatic rings. The topological polar surface area (TPSA) is 38.4 Å². The largest absolute Gasteiger partial charge is 0.387 e. The SMILES string of the molecule is CCCC(N)=NC(CC)C1CCCCC1. The van der Waals surface area contributed by atoms with Crippen molar-refractivity contribution in [2.75, 3.05) is 0 Å². The number of nitrogens with zero attached hydrogens (tertiary/aromatic N) is 1. The van der Waals surface area contributed by atoms with E-state index in [1.807, 2.05) is 0 Å². The Labute approximate surface area is 94.3 Å². The Morgan fingerprint density at radius 3 is 2.47 bits per heavy atom. The predicted octanol–water partition coefficient (Wildman–Crippen LogP) is 3.50. The summed E-state index contributed by atoms with van der Waals surface area (Å²) in [6.07, 6.45) is 10.1. The van der Waals surface area contributed by atoms with Crippen LogP contribution in [0.5, 0.6) is 0 Å². The maximum Gasteiger partial charge on any atom is 0.0940 e. The first-order valence-electron chi connectivity index (χ1n) is 6.60. The van der Waals surface area contributed by atoms with Gasteiger partial charge in [0.05, 0.1) is 11.9 Å². The highest BCUT2D eigenvalue weighted by Gasteiger charge is 2.21. The van der Waals surface area contributed by atoms with Crippen molar-refractivity contribution in [2.45, 2.75) is 71.3 Å². The number of amidine groups is 1. The van der Waals surface area contributed by atoms with Gasteiger partial charge in [-0.3, -0.25) is 4.99 Å². The molecule has 88 valence electrons. The lowest BCUT2D eigenvalue weighted by Crippen LogP contribution is -2.24. The maximum absolute atomic E-state index is 5.92. The van der Waals surface area contributed by atoms with Gasteiger partial charge >= 0.3 is 0 Å². The molecule has 0 aromatic heterocycles. The van der Waals surface area contributed by atoms with E-state index in [9.17, 15) is 0 Å². The fourth-order valence-electron chi connectivity index (χ4n) is 2.58. The molecule has 0 amide bonds. The van der Waals surface area contributed by atoms with E-state index in [0.29, 0.717) is 6.04 Å². The first-order valence-corrected chi connectivity index (χ1v) is 6.60. The third kappa shape index (κ3) is 4.23. The van der Waals surface area contributed by atoms with Gasteiger partial charge < -0.3 is 5.73 Å². The predicted molar refractivity (Wildman–Crippen MR) is 67.2 cm³/mol. The summed E-state index contributed by atoms with van der Waals surface area (Å²) in [6, 6.07) is 0.497. The van der Waals surface area contributed by atoms with E-state index in [0.717, 1.165) is 31.0 Å². The summed E-state index contributed by atoms with van der Waals surface area (Å²) < 4.78 is 0. The molecule has 1 aliphatic rings. The summed E-state index contributed by atoms with van der Waals surface area (Å²) in [7, 11) is 0. The standard InChI is InChI=1S/C13H26N2/c1-3-8-13(14)15-12(4-2)11-9-6-5-7-10-11/h11-12H,3-10H2,1-2H3,(H2,14,15). The van der Waals surface area contributed by atoms with E-state index in [1.54, 1.807) is 0 Å². The quantitative estimate of drug-likeness (QED) is 0.547. The zero-order valence-electron chi connectivity index (χ0n) is 10.3. The van der Waals surface area contributed by atoms with Gasteiger partial charge in [0, 0.05) is 6.42 Å². The number of rotatable bonds is 5. The Morgan fingerprint density at radius 1 is 1.27 bits per heavy atom. The first-order chi connectivity index (χ1) is 7.27. The van der Waals surface area contributed by atoms with Crippen molar-refractivity contribution in [3.63, 3.8) is 0 Å². The molecule has 0 saturated heterocycles. The third-order valence-corrected chi connectivity index (χ3v) is 3.45. The normalized spacial score (nSPS) is 21.6. The molecule has 0 radical (unpaired) electrons. The number of hydrogen-bond donors (Lipinski definition) is 1. The molecular weight excluding hydrogens is 184 g/mol. The maximum atomic E-state index is 5.92. The molecule has 2 N–H and O–H groups in total. The Hall–Kier alpha value is -0.530. The minimum Gasteiger partial charge on any atom is -0.387 e. The summed E-state index contributed by atoms with van der Waals surface area (Å²) in [6.45, 7) is 4.39. The van der Waals surface area contributed by atoms with E-state index in [2.05, 4.69) is 13.8 Å². The van der Waals surface area contributed by atoms with Gasteiger partial charge in [-0.2, -0.15) is 0 Å². The summed E-state index contributed by atoms with van der Waals surface area (Å²) in [5.41, 5.74) is 5.92. The molecule has 0 bridgehead atoms. The van der Waals surface area contributed by atoms with Crippen molar-refractivity contribution in [1.82, 2.24) is 0 Å². The zero-order chi connectivity index (χ0) is 11.1. The second-order valence-electron chi connectivity index (χ2n) is 4.74. The van der Waals surface area contributed by atoms with Gasteiger partial charge in [-0.25, -0.2) is 0 Å². The van der Waals surface area contributed by atoms with Crippen LogP contribution in [0, 0.1) is 5.92 Å². The highest BCUT2D eigenvalue weighted by molar-refractivity contribution is 5.80. The van der Waals surface area contributed by atoms with Gasteiger partial charge in [0.15, 0.2) is 0 Å². The van der Waals surface area contributed by atoms with Crippen molar-refractivity contribution in [2.24, 2.45) is 16.6 Å². The molecule has 2 nitrogen and oxygen atoms in total. The second-order valence-corrected chi connectivity index (χ2v) is 4.74. The van der Waals surface area contributed by atoms with E-state index in [4.69, 9.17) is 10.7 Å². The minimum atomic E-state index is 0.497. The van der Waals surface area contributed by atoms with Crippen molar-refractivity contribution >= 4 is 5.84 Å². The van der Waals surface area contributed by atoms with Crippen molar-refractivity contribution < 1.29 is 0 Å². The summed E-state index contributed by atoms with van der Waals surface area (Å²) in [4.78, 5) is 4.70. The van der Waals surface area contributed by atoms with Crippen molar-refractivity contribution in [1.29, 1.82) is 0 Å². The molecule has 1 atom stereocenters. The van der Waals surface area contributed by atoms with Crippen molar-refractivity contribution in [3.8, 4) is 0 Å². The van der Waals surface area contributed by atoms with Gasteiger partial charge in [0.1, 0.15) is 0 Å². The van der Waals surface area contributed by atoms with E-state index < -0.39 is 0 Å². The van der Waals surface area contributed by atoms with Gasteiger partial charge in [0.25, 0.3) is 0 Å². The average Bonchev–Trinajstić information content (AvgIpc) is 2.27. The molecule has 1 rings (SSSR count). The molecule has 1 unspecified atom stereocenters.